The van der Waals surface area contributed by atoms with Crippen LogP contribution < -0.4 is 4.74 Å². The zero-order valence-electron chi connectivity index (χ0n) is 10.4. The highest BCUT2D eigenvalue weighted by atomic mass is 16.5. The fourth-order valence-electron chi connectivity index (χ4n) is 2.13. The van der Waals surface area contributed by atoms with Crippen LogP contribution in [-0.4, -0.2) is 10.2 Å². The fraction of sp³-hybridized carbons (Fsp3) is 0.357. The standard InChI is InChI=1S/C14H16N2O/c1-14(2,3)10-4-5-12-11(6-10)13-9(8-17-12)7-15-16-13/h4-7H,8H2,1-3H3,(H,15,16). The lowest BCUT2D eigenvalue weighted by Crippen LogP contribution is -2.12. The van der Waals surface area contributed by atoms with Gasteiger partial charge < -0.3 is 4.74 Å². The van der Waals surface area contributed by atoms with Gasteiger partial charge in [0.2, 0.25) is 0 Å². The van der Waals surface area contributed by atoms with Crippen molar-refractivity contribution < 1.29 is 4.74 Å². The van der Waals surface area contributed by atoms with Crippen molar-refractivity contribution >= 4 is 0 Å². The van der Waals surface area contributed by atoms with Crippen LogP contribution in [0.1, 0.15) is 31.9 Å². The van der Waals surface area contributed by atoms with E-state index < -0.39 is 0 Å². The average molecular weight is 228 g/mol. The number of fused-ring (bicyclic) bond motifs is 3. The highest BCUT2D eigenvalue weighted by molar-refractivity contribution is 5.72. The van der Waals surface area contributed by atoms with Crippen molar-refractivity contribution in [1.82, 2.24) is 10.2 Å². The Bertz CT molecular complexity index is 564. The van der Waals surface area contributed by atoms with Crippen LogP contribution in [0.2, 0.25) is 0 Å². The van der Waals surface area contributed by atoms with Crippen molar-refractivity contribution in [3.05, 3.63) is 35.5 Å². The van der Waals surface area contributed by atoms with Crippen LogP contribution in [0.4, 0.5) is 0 Å². The molecule has 1 aromatic heterocycles. The Labute approximate surface area is 101 Å². The van der Waals surface area contributed by atoms with Crippen LogP contribution in [0, 0.1) is 0 Å². The molecule has 2 aromatic rings. The summed E-state index contributed by atoms with van der Waals surface area (Å²) in [4.78, 5) is 0. The lowest BCUT2D eigenvalue weighted by atomic mass is 9.85. The highest BCUT2D eigenvalue weighted by Gasteiger charge is 2.22. The number of aromatic nitrogens is 2. The van der Waals surface area contributed by atoms with E-state index in [1.54, 1.807) is 0 Å². The Morgan fingerprint density at radius 2 is 2.12 bits per heavy atom. The number of hydrogen-bond acceptors (Lipinski definition) is 2. The van der Waals surface area contributed by atoms with E-state index in [0.717, 1.165) is 22.6 Å². The number of nitrogens with one attached hydrogen (secondary N) is 1. The second-order valence-corrected chi connectivity index (χ2v) is 5.52. The summed E-state index contributed by atoms with van der Waals surface area (Å²) in [6.07, 6.45) is 1.84. The molecule has 1 aliphatic rings. The van der Waals surface area contributed by atoms with E-state index in [9.17, 15) is 0 Å². The first kappa shape index (κ1) is 10.4. The maximum Gasteiger partial charge on any atom is 0.129 e. The minimum atomic E-state index is 0.145. The first-order chi connectivity index (χ1) is 8.05. The molecule has 0 saturated carbocycles. The van der Waals surface area contributed by atoms with Crippen molar-refractivity contribution in [1.29, 1.82) is 0 Å². The minimum absolute atomic E-state index is 0.145. The van der Waals surface area contributed by atoms with E-state index in [1.165, 1.54) is 5.56 Å². The second-order valence-electron chi connectivity index (χ2n) is 5.52. The molecule has 2 heterocycles. The summed E-state index contributed by atoms with van der Waals surface area (Å²) in [6, 6.07) is 6.39. The normalized spacial score (nSPS) is 13.8. The van der Waals surface area contributed by atoms with Gasteiger partial charge in [0.05, 0.1) is 11.9 Å². The summed E-state index contributed by atoms with van der Waals surface area (Å²) in [7, 11) is 0. The largest absolute Gasteiger partial charge is 0.488 e. The first-order valence-corrected chi connectivity index (χ1v) is 5.85. The molecule has 0 amide bonds. The Kier molecular flexibility index (Phi) is 2.05. The summed E-state index contributed by atoms with van der Waals surface area (Å²) in [5.41, 5.74) is 4.80. The predicted octanol–water partition coefficient (Wildman–Crippen LogP) is 3.27. The zero-order chi connectivity index (χ0) is 12.0. The molecule has 0 saturated heterocycles. The molecule has 0 spiro atoms. The van der Waals surface area contributed by atoms with Gasteiger partial charge in [-0.05, 0) is 23.1 Å². The Morgan fingerprint density at radius 3 is 2.88 bits per heavy atom. The molecule has 0 fully saturated rings. The van der Waals surface area contributed by atoms with Gasteiger partial charge in [-0.2, -0.15) is 5.10 Å². The van der Waals surface area contributed by atoms with E-state index in [1.807, 2.05) is 6.20 Å². The van der Waals surface area contributed by atoms with Crippen LogP contribution in [0.3, 0.4) is 0 Å². The third-order valence-corrected chi connectivity index (χ3v) is 3.22. The summed E-state index contributed by atoms with van der Waals surface area (Å²) in [5, 5.41) is 7.15. The SMILES string of the molecule is CC(C)(C)c1ccc2c(c1)-c1[nH]ncc1CO2. The van der Waals surface area contributed by atoms with Crippen LogP contribution in [0.15, 0.2) is 24.4 Å². The van der Waals surface area contributed by atoms with Crippen LogP contribution in [0.25, 0.3) is 11.3 Å². The molecular formula is C14H16N2O. The number of ether oxygens (including phenoxy) is 1. The monoisotopic (exact) mass is 228 g/mol. The third-order valence-electron chi connectivity index (χ3n) is 3.22. The Hall–Kier alpha value is -1.77. The lowest BCUT2D eigenvalue weighted by molar-refractivity contribution is 0.302. The minimum Gasteiger partial charge on any atom is -0.488 e. The maximum absolute atomic E-state index is 5.72. The number of H-pyrrole nitrogens is 1. The fourth-order valence-corrected chi connectivity index (χ4v) is 2.13. The van der Waals surface area contributed by atoms with Crippen LogP contribution >= 0.6 is 0 Å². The highest BCUT2D eigenvalue weighted by Crippen LogP contribution is 2.38. The molecule has 1 N–H and O–H groups in total. The quantitative estimate of drug-likeness (QED) is 0.751. The maximum atomic E-state index is 5.72. The molecule has 1 aliphatic heterocycles. The summed E-state index contributed by atoms with van der Waals surface area (Å²) in [5.74, 6) is 0.940. The molecule has 0 aliphatic carbocycles. The van der Waals surface area contributed by atoms with Crippen LogP contribution in [-0.2, 0) is 12.0 Å². The van der Waals surface area contributed by atoms with E-state index in [4.69, 9.17) is 4.74 Å². The molecule has 0 atom stereocenters. The summed E-state index contributed by atoms with van der Waals surface area (Å²) in [6.45, 7) is 7.25. The topological polar surface area (TPSA) is 37.9 Å². The van der Waals surface area contributed by atoms with Crippen molar-refractivity contribution in [3.63, 3.8) is 0 Å². The van der Waals surface area contributed by atoms with Gasteiger partial charge in [0.1, 0.15) is 12.4 Å². The van der Waals surface area contributed by atoms with Gasteiger partial charge in [-0.15, -0.1) is 0 Å². The molecule has 3 heteroatoms. The van der Waals surface area contributed by atoms with Crippen molar-refractivity contribution in [3.8, 4) is 17.0 Å². The van der Waals surface area contributed by atoms with Crippen LogP contribution in [0.5, 0.6) is 5.75 Å². The molecule has 3 nitrogen and oxygen atoms in total. The molecule has 0 bridgehead atoms. The van der Waals surface area contributed by atoms with Gasteiger partial charge in [-0.1, -0.05) is 26.8 Å². The molecule has 88 valence electrons. The number of rotatable bonds is 0. The number of aromatic amines is 1. The number of hydrogen-bond donors (Lipinski definition) is 1. The van der Waals surface area contributed by atoms with Crippen molar-refractivity contribution in [2.45, 2.75) is 32.8 Å². The second kappa shape index (κ2) is 3.36. The smallest absolute Gasteiger partial charge is 0.129 e. The van der Waals surface area contributed by atoms with Gasteiger partial charge in [0.15, 0.2) is 0 Å². The van der Waals surface area contributed by atoms with Crippen molar-refractivity contribution in [2.24, 2.45) is 0 Å². The molecule has 3 rings (SSSR count). The summed E-state index contributed by atoms with van der Waals surface area (Å²) >= 11 is 0. The molecule has 0 radical (unpaired) electrons. The van der Waals surface area contributed by atoms with Gasteiger partial charge in [0, 0.05) is 11.1 Å². The Balaban J connectivity index is 2.18. The molecule has 17 heavy (non-hydrogen) atoms. The van der Waals surface area contributed by atoms with E-state index in [-0.39, 0.29) is 5.41 Å². The van der Waals surface area contributed by atoms with Gasteiger partial charge >= 0.3 is 0 Å². The van der Waals surface area contributed by atoms with Gasteiger partial charge in [-0.25, -0.2) is 0 Å². The molecule has 0 unspecified atom stereocenters. The Morgan fingerprint density at radius 1 is 1.29 bits per heavy atom. The number of benzene rings is 1. The predicted molar refractivity (Wildman–Crippen MR) is 67.1 cm³/mol. The van der Waals surface area contributed by atoms with E-state index >= 15 is 0 Å². The lowest BCUT2D eigenvalue weighted by Gasteiger charge is -2.23. The first-order valence-electron chi connectivity index (χ1n) is 5.85. The summed E-state index contributed by atoms with van der Waals surface area (Å²) < 4.78 is 5.72. The van der Waals surface area contributed by atoms with Crippen molar-refractivity contribution in [2.75, 3.05) is 0 Å². The van der Waals surface area contributed by atoms with Gasteiger partial charge in [-0.3, -0.25) is 5.10 Å². The zero-order valence-corrected chi connectivity index (χ0v) is 10.4. The van der Waals surface area contributed by atoms with E-state index in [0.29, 0.717) is 6.61 Å². The average Bonchev–Trinajstić information content (AvgIpc) is 2.75. The molecule has 1 aromatic carbocycles. The van der Waals surface area contributed by atoms with Gasteiger partial charge in [0.25, 0.3) is 0 Å². The molecular weight excluding hydrogens is 212 g/mol. The third kappa shape index (κ3) is 1.62. The number of nitrogens with zero attached hydrogens (tertiary/aromatic N) is 1. The van der Waals surface area contributed by atoms with E-state index in [2.05, 4.69) is 49.2 Å².